The first kappa shape index (κ1) is 8.47. The summed E-state index contributed by atoms with van der Waals surface area (Å²) in [6.07, 6.45) is 1.73. The fourth-order valence-corrected chi connectivity index (χ4v) is 1.46. The van der Waals surface area contributed by atoms with E-state index in [1.807, 2.05) is 37.3 Å². The summed E-state index contributed by atoms with van der Waals surface area (Å²) in [7, 11) is -0.761. The van der Waals surface area contributed by atoms with Crippen molar-refractivity contribution in [2.75, 3.05) is 6.26 Å². The van der Waals surface area contributed by atoms with Gasteiger partial charge in [0.15, 0.2) is 0 Å². The van der Waals surface area contributed by atoms with Crippen LogP contribution >= 0.6 is 0 Å². The van der Waals surface area contributed by atoms with E-state index in [0.717, 1.165) is 5.56 Å². The Kier molecular flexibility index (Phi) is 2.83. The van der Waals surface area contributed by atoms with E-state index in [9.17, 15) is 4.21 Å². The van der Waals surface area contributed by atoms with Crippen molar-refractivity contribution in [2.24, 2.45) is 0 Å². The molecule has 11 heavy (non-hydrogen) atoms. The molecule has 0 radical (unpaired) electrons. The highest BCUT2D eigenvalue weighted by molar-refractivity contribution is 7.84. The van der Waals surface area contributed by atoms with E-state index in [2.05, 4.69) is 0 Å². The van der Waals surface area contributed by atoms with Crippen molar-refractivity contribution in [2.45, 2.75) is 12.2 Å². The van der Waals surface area contributed by atoms with Gasteiger partial charge in [-0.1, -0.05) is 30.3 Å². The van der Waals surface area contributed by atoms with Gasteiger partial charge in [0.25, 0.3) is 0 Å². The molecule has 2 heteroatoms. The number of rotatable bonds is 2. The van der Waals surface area contributed by atoms with Crippen LogP contribution < -0.4 is 0 Å². The molecule has 0 bridgehead atoms. The summed E-state index contributed by atoms with van der Waals surface area (Å²) in [4.78, 5) is 0. The molecule has 2 unspecified atom stereocenters. The van der Waals surface area contributed by atoms with Gasteiger partial charge in [-0.25, -0.2) is 0 Å². The third-order valence-electron chi connectivity index (χ3n) is 1.77. The topological polar surface area (TPSA) is 17.1 Å². The van der Waals surface area contributed by atoms with Crippen LogP contribution in [0.2, 0.25) is 0 Å². The summed E-state index contributed by atoms with van der Waals surface area (Å²) >= 11 is 0. The maximum Gasteiger partial charge on any atom is 0.0566 e. The zero-order valence-corrected chi connectivity index (χ0v) is 7.60. The molecule has 0 aliphatic heterocycles. The van der Waals surface area contributed by atoms with E-state index < -0.39 is 10.8 Å². The van der Waals surface area contributed by atoms with Gasteiger partial charge < -0.3 is 0 Å². The Morgan fingerprint density at radius 3 is 2.27 bits per heavy atom. The molecular weight excluding hydrogens is 156 g/mol. The molecule has 60 valence electrons. The van der Waals surface area contributed by atoms with E-state index in [1.165, 1.54) is 0 Å². The molecule has 1 nitrogen and oxygen atoms in total. The number of benzene rings is 1. The molecule has 0 saturated heterocycles. The van der Waals surface area contributed by atoms with E-state index in [-0.39, 0.29) is 5.25 Å². The maximum atomic E-state index is 11.1. The summed E-state index contributed by atoms with van der Waals surface area (Å²) in [5, 5.41) is 0.149. The summed E-state index contributed by atoms with van der Waals surface area (Å²) in [6.45, 7) is 1.98. The summed E-state index contributed by atoms with van der Waals surface area (Å²) < 4.78 is 11.1. The van der Waals surface area contributed by atoms with Crippen molar-refractivity contribution in [3.63, 3.8) is 0 Å². The molecule has 0 heterocycles. The molecule has 0 aromatic heterocycles. The molecule has 1 aromatic rings. The molecule has 0 aliphatic rings. The average Bonchev–Trinajstić information content (AvgIpc) is 2.05. The first-order valence-corrected chi connectivity index (χ1v) is 5.21. The zero-order chi connectivity index (χ0) is 8.27. The van der Waals surface area contributed by atoms with Gasteiger partial charge in [0, 0.05) is 17.1 Å². The Balaban J connectivity index is 2.85. The lowest BCUT2D eigenvalue weighted by atomic mass is 10.2. The number of hydrogen-bond donors (Lipinski definition) is 0. The quantitative estimate of drug-likeness (QED) is 0.661. The maximum absolute atomic E-state index is 11.1. The largest absolute Gasteiger partial charge is 0.259 e. The van der Waals surface area contributed by atoms with E-state index in [1.54, 1.807) is 6.26 Å². The standard InChI is InChI=1S/C9H12OS/c1-8(11(2)10)9-6-4-3-5-7-9/h3-8H,1-2H3. The van der Waals surface area contributed by atoms with E-state index in [4.69, 9.17) is 0 Å². The average molecular weight is 168 g/mol. The van der Waals surface area contributed by atoms with Gasteiger partial charge in [0.1, 0.15) is 0 Å². The summed E-state index contributed by atoms with van der Waals surface area (Å²) in [5.74, 6) is 0. The zero-order valence-electron chi connectivity index (χ0n) is 6.78. The van der Waals surface area contributed by atoms with Crippen molar-refractivity contribution in [3.05, 3.63) is 35.9 Å². The first-order chi connectivity index (χ1) is 5.22. The minimum atomic E-state index is -0.761. The molecule has 0 N–H and O–H groups in total. The fourth-order valence-electron chi connectivity index (χ4n) is 0.916. The second-order valence-electron chi connectivity index (χ2n) is 2.55. The van der Waals surface area contributed by atoms with Gasteiger partial charge in [-0.3, -0.25) is 4.21 Å². The lowest BCUT2D eigenvalue weighted by molar-refractivity contribution is 0.680. The van der Waals surface area contributed by atoms with Crippen molar-refractivity contribution >= 4 is 10.8 Å². The van der Waals surface area contributed by atoms with Crippen LogP contribution in [-0.2, 0) is 10.8 Å². The van der Waals surface area contributed by atoms with Gasteiger partial charge >= 0.3 is 0 Å². The Morgan fingerprint density at radius 2 is 1.82 bits per heavy atom. The van der Waals surface area contributed by atoms with Gasteiger partial charge in [-0.15, -0.1) is 0 Å². The van der Waals surface area contributed by atoms with Crippen molar-refractivity contribution in [1.82, 2.24) is 0 Å². The Labute approximate surface area is 69.9 Å². The first-order valence-electron chi connectivity index (χ1n) is 3.59. The highest BCUT2D eigenvalue weighted by Crippen LogP contribution is 2.16. The minimum Gasteiger partial charge on any atom is -0.259 e. The Morgan fingerprint density at radius 1 is 1.27 bits per heavy atom. The van der Waals surface area contributed by atoms with Crippen LogP contribution in [0.5, 0.6) is 0 Å². The SMILES string of the molecule is CC(c1ccccc1)S(C)=O. The van der Waals surface area contributed by atoms with Crippen LogP contribution in [-0.4, -0.2) is 10.5 Å². The Hall–Kier alpha value is -0.630. The number of hydrogen-bond acceptors (Lipinski definition) is 1. The van der Waals surface area contributed by atoms with Gasteiger partial charge in [0.05, 0.1) is 5.25 Å². The van der Waals surface area contributed by atoms with E-state index >= 15 is 0 Å². The van der Waals surface area contributed by atoms with Crippen LogP contribution in [0.15, 0.2) is 30.3 Å². The molecule has 1 rings (SSSR count). The van der Waals surface area contributed by atoms with Crippen molar-refractivity contribution in [1.29, 1.82) is 0 Å². The predicted octanol–water partition coefficient (Wildman–Crippen LogP) is 2.13. The van der Waals surface area contributed by atoms with Crippen LogP contribution in [0.25, 0.3) is 0 Å². The highest BCUT2D eigenvalue weighted by atomic mass is 32.2. The second-order valence-corrected chi connectivity index (χ2v) is 4.26. The van der Waals surface area contributed by atoms with E-state index in [0.29, 0.717) is 0 Å². The predicted molar refractivity (Wildman–Crippen MR) is 48.9 cm³/mol. The molecule has 0 saturated carbocycles. The molecular formula is C9H12OS. The normalized spacial score (nSPS) is 15.8. The molecule has 0 aliphatic carbocycles. The third kappa shape index (κ3) is 2.15. The molecule has 1 aromatic carbocycles. The van der Waals surface area contributed by atoms with Gasteiger partial charge in [-0.2, -0.15) is 0 Å². The molecule has 0 fully saturated rings. The van der Waals surface area contributed by atoms with Crippen LogP contribution in [0.4, 0.5) is 0 Å². The monoisotopic (exact) mass is 168 g/mol. The van der Waals surface area contributed by atoms with Gasteiger partial charge in [-0.05, 0) is 12.5 Å². The van der Waals surface area contributed by atoms with Crippen LogP contribution in [0, 0.1) is 0 Å². The minimum absolute atomic E-state index is 0.149. The Bertz CT molecular complexity index is 243. The lowest BCUT2D eigenvalue weighted by Gasteiger charge is -2.06. The van der Waals surface area contributed by atoms with Crippen LogP contribution in [0.1, 0.15) is 17.7 Å². The fraction of sp³-hybridized carbons (Fsp3) is 0.333. The molecule has 0 spiro atoms. The van der Waals surface area contributed by atoms with Crippen LogP contribution in [0.3, 0.4) is 0 Å². The smallest absolute Gasteiger partial charge is 0.0566 e. The third-order valence-corrected chi connectivity index (χ3v) is 3.03. The molecule has 0 amide bonds. The highest BCUT2D eigenvalue weighted by Gasteiger charge is 2.06. The van der Waals surface area contributed by atoms with Crippen molar-refractivity contribution < 1.29 is 4.21 Å². The lowest BCUT2D eigenvalue weighted by Crippen LogP contribution is -1.99. The van der Waals surface area contributed by atoms with Gasteiger partial charge in [0.2, 0.25) is 0 Å². The summed E-state index contributed by atoms with van der Waals surface area (Å²) in [5.41, 5.74) is 1.15. The summed E-state index contributed by atoms with van der Waals surface area (Å²) in [6, 6.07) is 9.92. The molecule has 2 atom stereocenters. The van der Waals surface area contributed by atoms with Crippen molar-refractivity contribution in [3.8, 4) is 0 Å². The second kappa shape index (κ2) is 3.67.